The van der Waals surface area contributed by atoms with E-state index in [0.29, 0.717) is 0 Å². The van der Waals surface area contributed by atoms with Gasteiger partial charge < -0.3 is 26.3 Å². The first-order valence-electron chi connectivity index (χ1n) is 0.548. The second-order valence-electron chi connectivity index (χ2n) is 0.224. The van der Waals surface area contributed by atoms with Crippen molar-refractivity contribution in [3.8, 4) is 0 Å². The van der Waals surface area contributed by atoms with Crippen LogP contribution >= 0.6 is 0 Å². The Balaban J connectivity index is -0.0000000150. The number of nitrogens with zero attached hydrogens (tertiary/aromatic N) is 1. The molecule has 0 saturated heterocycles. The van der Waals surface area contributed by atoms with Gasteiger partial charge in [-0.15, -0.1) is 0 Å². The van der Waals surface area contributed by atoms with E-state index in [2.05, 4.69) is 0 Å². The topological polar surface area (TPSA) is 129 Å². The summed E-state index contributed by atoms with van der Waals surface area (Å²) in [5.74, 6) is 0. The van der Waals surface area contributed by atoms with Gasteiger partial charge in [0.05, 0.1) is 5.09 Å². The van der Waals surface area contributed by atoms with Gasteiger partial charge in [0.15, 0.2) is 0 Å². The van der Waals surface area contributed by atoms with Crippen LogP contribution in [0.4, 0.5) is 0 Å². The SMILES string of the molecule is O.O.O=[N+]([O-])[O-].[Sm]. The van der Waals surface area contributed by atoms with Crippen molar-refractivity contribution in [2.45, 2.75) is 0 Å². The molecule has 0 bridgehead atoms. The van der Waals surface area contributed by atoms with Gasteiger partial charge >= 0.3 is 0 Å². The Bertz CT molecular complexity index is 31.1. The molecule has 0 aliphatic carbocycles. The average molecular weight is 248 g/mol. The second kappa shape index (κ2) is 16.1. The molecule has 0 aromatic heterocycles. The van der Waals surface area contributed by atoms with Gasteiger partial charge in [0.2, 0.25) is 0 Å². The molecule has 0 unspecified atom stereocenters. The molecule has 0 aliphatic heterocycles. The van der Waals surface area contributed by atoms with Crippen LogP contribution in [0.1, 0.15) is 0 Å². The predicted molar refractivity (Wildman–Crippen MR) is 17.6 cm³/mol. The van der Waals surface area contributed by atoms with E-state index >= 15 is 0 Å². The summed E-state index contributed by atoms with van der Waals surface area (Å²) in [6.45, 7) is 0. The Kier molecular flexibility index (Phi) is 59.8. The molecule has 0 amide bonds. The van der Waals surface area contributed by atoms with E-state index in [4.69, 9.17) is 15.3 Å². The van der Waals surface area contributed by atoms with Crippen molar-refractivity contribution in [2.24, 2.45) is 0 Å². The smallest absolute Gasteiger partial charge is 0.0689 e. The third kappa shape index (κ3) is 613. The van der Waals surface area contributed by atoms with Gasteiger partial charge in [-0.05, 0) is 0 Å². The van der Waals surface area contributed by atoms with Crippen LogP contribution in [0.3, 0.4) is 0 Å². The van der Waals surface area contributed by atoms with Crippen LogP contribution in [0, 0.1) is 55.7 Å². The van der Waals surface area contributed by atoms with Gasteiger partial charge in [-0.2, -0.15) is 0 Å². The van der Waals surface area contributed by atoms with Crippen LogP contribution in [0.2, 0.25) is 0 Å². The van der Waals surface area contributed by atoms with E-state index in [1.807, 2.05) is 0 Å². The molecule has 0 aliphatic rings. The molecular formula is H4NO5Sm-. The minimum absolute atomic E-state index is 0. The van der Waals surface area contributed by atoms with Gasteiger partial charge in [0, 0.05) is 40.4 Å². The molecular weight excluding hydrogens is 244 g/mol. The van der Waals surface area contributed by atoms with Gasteiger partial charge in [-0.1, -0.05) is 0 Å². The summed E-state index contributed by atoms with van der Waals surface area (Å²) in [4.78, 5) is 8.25. The van der Waals surface area contributed by atoms with Crippen molar-refractivity contribution >= 4 is 0 Å². The molecule has 0 spiro atoms. The summed E-state index contributed by atoms with van der Waals surface area (Å²) < 4.78 is 0. The maximum absolute atomic E-state index is 8.25. The maximum Gasteiger partial charge on any atom is 0.0689 e. The van der Waals surface area contributed by atoms with E-state index in [1.165, 1.54) is 0 Å². The minimum atomic E-state index is -1.75. The van der Waals surface area contributed by atoms with E-state index in [0.717, 1.165) is 0 Å². The summed E-state index contributed by atoms with van der Waals surface area (Å²) in [6, 6.07) is 0. The molecule has 46 valence electrons. The number of hydrogen-bond donors (Lipinski definition) is 0. The molecule has 0 saturated carbocycles. The Morgan fingerprint density at radius 1 is 1.14 bits per heavy atom. The molecule has 0 radical (unpaired) electrons. The minimum Gasteiger partial charge on any atom is -0.412 e. The third-order valence-corrected chi connectivity index (χ3v) is 0. The van der Waals surface area contributed by atoms with Gasteiger partial charge in [-0.3, -0.25) is 0 Å². The zero-order chi connectivity index (χ0) is 3.58. The quantitative estimate of drug-likeness (QED) is 0.367. The second-order valence-corrected chi connectivity index (χ2v) is 0.224. The number of rotatable bonds is 0. The van der Waals surface area contributed by atoms with Gasteiger partial charge in [-0.25, -0.2) is 0 Å². The molecule has 0 rings (SSSR count). The standard InChI is InChI=1S/NO3.2H2O.Sm/c2-1(3)4;;;/h;2*1H2;/q-1;;;. The Morgan fingerprint density at radius 3 is 1.14 bits per heavy atom. The summed E-state index contributed by atoms with van der Waals surface area (Å²) in [5.41, 5.74) is 0. The molecule has 0 atom stereocenters. The van der Waals surface area contributed by atoms with Crippen LogP contribution in [-0.2, 0) is 0 Å². The fraction of sp³-hybridized carbons (Fsp3) is 0. The first-order chi connectivity index (χ1) is 1.73. The van der Waals surface area contributed by atoms with Crippen LogP contribution in [0.5, 0.6) is 0 Å². The van der Waals surface area contributed by atoms with Crippen molar-refractivity contribution < 1.29 is 56.4 Å². The number of hydrogen-bond acceptors (Lipinski definition) is 3. The summed E-state index contributed by atoms with van der Waals surface area (Å²) in [5, 5.41) is 14.8. The van der Waals surface area contributed by atoms with Crippen molar-refractivity contribution in [3.05, 3.63) is 15.3 Å². The first kappa shape index (κ1) is 26.0. The van der Waals surface area contributed by atoms with Crippen molar-refractivity contribution in [1.29, 1.82) is 0 Å². The van der Waals surface area contributed by atoms with E-state index < -0.39 is 5.09 Å². The van der Waals surface area contributed by atoms with Crippen molar-refractivity contribution in [3.63, 3.8) is 0 Å². The molecule has 0 heterocycles. The van der Waals surface area contributed by atoms with Crippen LogP contribution < -0.4 is 0 Å². The first-order valence-corrected chi connectivity index (χ1v) is 0.548. The molecule has 0 aromatic rings. The molecule has 0 aromatic carbocycles. The normalized spacial score (nSPS) is 3.43. The third-order valence-electron chi connectivity index (χ3n) is 0. The van der Waals surface area contributed by atoms with Crippen LogP contribution in [0.15, 0.2) is 0 Å². The summed E-state index contributed by atoms with van der Waals surface area (Å²) in [6.07, 6.45) is 0. The predicted octanol–water partition coefficient (Wildman–Crippen LogP) is -1.89. The van der Waals surface area contributed by atoms with Crippen molar-refractivity contribution in [2.75, 3.05) is 0 Å². The largest absolute Gasteiger partial charge is 0.412 e. The van der Waals surface area contributed by atoms with Crippen molar-refractivity contribution in [1.82, 2.24) is 0 Å². The zero-order valence-electron chi connectivity index (χ0n) is 3.08. The Morgan fingerprint density at radius 2 is 1.14 bits per heavy atom. The van der Waals surface area contributed by atoms with Crippen LogP contribution in [0.25, 0.3) is 0 Å². The van der Waals surface area contributed by atoms with E-state index in [9.17, 15) is 0 Å². The fourth-order valence-electron chi connectivity index (χ4n) is 0. The molecule has 4 N–H and O–H groups in total. The molecule has 0 fully saturated rings. The maximum atomic E-state index is 8.25. The molecule has 7 heavy (non-hydrogen) atoms. The molecule has 6 nitrogen and oxygen atoms in total. The summed E-state index contributed by atoms with van der Waals surface area (Å²) >= 11 is 0. The summed E-state index contributed by atoms with van der Waals surface area (Å²) in [7, 11) is 0. The van der Waals surface area contributed by atoms with Gasteiger partial charge in [0.1, 0.15) is 0 Å². The van der Waals surface area contributed by atoms with Crippen LogP contribution in [-0.4, -0.2) is 16.0 Å². The monoisotopic (exact) mass is 250 g/mol. The van der Waals surface area contributed by atoms with E-state index in [-0.39, 0.29) is 51.3 Å². The average Bonchev–Trinajstić information content (AvgIpc) is 0.811. The fourth-order valence-corrected chi connectivity index (χ4v) is 0. The van der Waals surface area contributed by atoms with Gasteiger partial charge in [0.25, 0.3) is 0 Å². The molecule has 7 heteroatoms. The Hall–Kier alpha value is 0.458. The van der Waals surface area contributed by atoms with E-state index in [1.54, 1.807) is 0 Å². The zero-order valence-corrected chi connectivity index (χ0v) is 5.70. The Labute approximate surface area is 71.3 Å².